The molecule has 0 spiro atoms. The second kappa shape index (κ2) is 61.7. The molecule has 0 radical (unpaired) electrons. The van der Waals surface area contributed by atoms with Crippen LogP contribution in [-0.2, 0) is 23.8 Å². The van der Waals surface area contributed by atoms with Gasteiger partial charge in [-0.2, -0.15) is 0 Å². The van der Waals surface area contributed by atoms with Crippen molar-refractivity contribution < 1.29 is 23.8 Å². The average molecular weight is 986 g/mol. The highest BCUT2D eigenvalue weighted by Crippen LogP contribution is 2.17. The van der Waals surface area contributed by atoms with Gasteiger partial charge in [-0.05, 0) is 70.6 Å². The number of hydrogen-bond acceptors (Lipinski definition) is 5. The van der Waals surface area contributed by atoms with E-state index in [-0.39, 0.29) is 18.5 Å². The maximum atomic E-state index is 12.9. The summed E-state index contributed by atoms with van der Waals surface area (Å²) >= 11 is 0. The third-order valence-electron chi connectivity index (χ3n) is 14.5. The SMILES string of the molecule is CCCCCCCC/C=C\CCCCCCCCCCCC(=O)OCC(COCCCCCCCCCC/C=C\CCCCCCCC)OC(=O)CCCCCCCCCCCCCCCCCCC. The minimum atomic E-state index is -0.534. The van der Waals surface area contributed by atoms with Crippen LogP contribution in [0.25, 0.3) is 0 Å². The second-order valence-electron chi connectivity index (χ2n) is 21.7. The Labute approximate surface area is 438 Å². The summed E-state index contributed by atoms with van der Waals surface area (Å²) < 4.78 is 17.6. The zero-order valence-electron chi connectivity index (χ0n) is 47.8. The van der Waals surface area contributed by atoms with Crippen molar-refractivity contribution in [1.82, 2.24) is 0 Å². The van der Waals surface area contributed by atoms with Crippen molar-refractivity contribution in [2.45, 2.75) is 361 Å². The van der Waals surface area contributed by atoms with E-state index < -0.39 is 6.10 Å². The van der Waals surface area contributed by atoms with E-state index in [0.29, 0.717) is 26.1 Å². The van der Waals surface area contributed by atoms with Gasteiger partial charge < -0.3 is 14.2 Å². The van der Waals surface area contributed by atoms with Crippen LogP contribution in [0, 0.1) is 0 Å². The highest BCUT2D eigenvalue weighted by Gasteiger charge is 2.18. The van der Waals surface area contributed by atoms with E-state index in [4.69, 9.17) is 14.2 Å². The van der Waals surface area contributed by atoms with E-state index in [1.807, 2.05) is 0 Å². The van der Waals surface area contributed by atoms with E-state index in [1.54, 1.807) is 0 Å². The van der Waals surface area contributed by atoms with Crippen LogP contribution in [0.4, 0.5) is 0 Å². The number of unbranched alkanes of at least 4 members (excludes halogenated alkanes) is 45. The quantitative estimate of drug-likeness (QED) is 0.0345. The molecule has 0 rings (SSSR count). The molecule has 5 nitrogen and oxygen atoms in total. The van der Waals surface area contributed by atoms with Crippen molar-refractivity contribution in [1.29, 1.82) is 0 Å². The summed E-state index contributed by atoms with van der Waals surface area (Å²) in [5.41, 5.74) is 0. The molecule has 0 saturated carbocycles. The third kappa shape index (κ3) is 58.9. The highest BCUT2D eigenvalue weighted by atomic mass is 16.6. The number of hydrogen-bond donors (Lipinski definition) is 0. The van der Waals surface area contributed by atoms with Gasteiger partial charge in [-0.25, -0.2) is 0 Å². The minimum Gasteiger partial charge on any atom is -0.462 e. The maximum Gasteiger partial charge on any atom is 0.306 e. The van der Waals surface area contributed by atoms with Gasteiger partial charge in [0.1, 0.15) is 6.61 Å². The molecule has 1 atom stereocenters. The van der Waals surface area contributed by atoms with Gasteiger partial charge in [0.05, 0.1) is 6.61 Å². The van der Waals surface area contributed by atoms with Crippen molar-refractivity contribution in [3.63, 3.8) is 0 Å². The molecule has 0 fully saturated rings. The maximum absolute atomic E-state index is 12.9. The Morgan fingerprint density at radius 3 is 0.871 bits per heavy atom. The van der Waals surface area contributed by atoms with E-state index >= 15 is 0 Å². The van der Waals surface area contributed by atoms with Crippen molar-refractivity contribution in [3.05, 3.63) is 24.3 Å². The molecule has 0 aromatic carbocycles. The zero-order valence-corrected chi connectivity index (χ0v) is 47.8. The lowest BCUT2D eigenvalue weighted by molar-refractivity contribution is -0.163. The summed E-state index contributed by atoms with van der Waals surface area (Å²) in [6.45, 7) is 7.90. The van der Waals surface area contributed by atoms with Crippen LogP contribution >= 0.6 is 0 Å². The van der Waals surface area contributed by atoms with Crippen molar-refractivity contribution in [3.8, 4) is 0 Å². The Hall–Kier alpha value is -1.62. The number of esters is 2. The largest absolute Gasteiger partial charge is 0.462 e. The number of rotatable bonds is 60. The molecule has 0 saturated heterocycles. The number of ether oxygens (including phenoxy) is 3. The molecular formula is C65H124O5. The van der Waals surface area contributed by atoms with Gasteiger partial charge >= 0.3 is 11.9 Å². The molecule has 0 amide bonds. The van der Waals surface area contributed by atoms with E-state index in [1.165, 1.54) is 283 Å². The van der Waals surface area contributed by atoms with Gasteiger partial charge in [0.15, 0.2) is 6.10 Å². The molecule has 0 N–H and O–H groups in total. The lowest BCUT2D eigenvalue weighted by Crippen LogP contribution is -2.30. The van der Waals surface area contributed by atoms with E-state index in [0.717, 1.165) is 38.5 Å². The summed E-state index contributed by atoms with van der Waals surface area (Å²) in [7, 11) is 0. The van der Waals surface area contributed by atoms with Crippen molar-refractivity contribution in [2.24, 2.45) is 0 Å². The van der Waals surface area contributed by atoms with E-state index in [9.17, 15) is 9.59 Å². The summed E-state index contributed by atoms with van der Waals surface area (Å²) in [5.74, 6) is -0.374. The average Bonchev–Trinajstić information content (AvgIpc) is 3.36. The minimum absolute atomic E-state index is 0.0907. The lowest BCUT2D eigenvalue weighted by Gasteiger charge is -2.18. The molecule has 414 valence electrons. The van der Waals surface area contributed by atoms with Crippen LogP contribution in [0.2, 0.25) is 0 Å². The Balaban J connectivity index is 4.22. The van der Waals surface area contributed by atoms with Gasteiger partial charge in [0, 0.05) is 19.4 Å². The number of carbonyl (C=O) groups is 2. The third-order valence-corrected chi connectivity index (χ3v) is 14.5. The molecule has 0 aliphatic rings. The zero-order chi connectivity index (χ0) is 50.6. The van der Waals surface area contributed by atoms with Crippen molar-refractivity contribution in [2.75, 3.05) is 19.8 Å². The normalized spacial score (nSPS) is 12.2. The van der Waals surface area contributed by atoms with Gasteiger partial charge in [0.25, 0.3) is 0 Å². The molecule has 5 heteroatoms. The lowest BCUT2D eigenvalue weighted by atomic mass is 10.0. The molecule has 0 aliphatic heterocycles. The van der Waals surface area contributed by atoms with Crippen molar-refractivity contribution >= 4 is 11.9 Å². The van der Waals surface area contributed by atoms with Crippen LogP contribution in [0.15, 0.2) is 24.3 Å². The molecular weight excluding hydrogens is 861 g/mol. The topological polar surface area (TPSA) is 61.8 Å². The summed E-state index contributed by atoms with van der Waals surface area (Å²) in [5, 5.41) is 0. The first kappa shape index (κ1) is 68.4. The van der Waals surface area contributed by atoms with Crippen LogP contribution in [-0.4, -0.2) is 37.9 Å². The van der Waals surface area contributed by atoms with Crippen LogP contribution in [0.1, 0.15) is 355 Å². The predicted molar refractivity (Wildman–Crippen MR) is 307 cm³/mol. The molecule has 1 unspecified atom stereocenters. The molecule has 0 bridgehead atoms. The fourth-order valence-corrected chi connectivity index (χ4v) is 9.68. The van der Waals surface area contributed by atoms with Gasteiger partial charge in [-0.3, -0.25) is 9.59 Å². The highest BCUT2D eigenvalue weighted by molar-refractivity contribution is 5.70. The first-order chi connectivity index (χ1) is 34.6. The monoisotopic (exact) mass is 985 g/mol. The molecule has 0 heterocycles. The van der Waals surface area contributed by atoms with E-state index in [2.05, 4.69) is 45.1 Å². The molecule has 0 aromatic heterocycles. The van der Waals surface area contributed by atoms with Crippen LogP contribution < -0.4 is 0 Å². The summed E-state index contributed by atoms with van der Waals surface area (Å²) in [6.07, 6.45) is 75.0. The predicted octanol–water partition coefficient (Wildman–Crippen LogP) is 21.9. The standard InChI is InChI=1S/C65H124O5/c1-4-7-10-13-16-19-22-25-28-31-33-35-37-40-43-46-49-52-55-58-64(66)69-62-63(61-68-60-57-54-51-48-45-42-39-36-32-29-26-23-20-17-14-11-8-5-2)70-65(67)59-56-53-50-47-44-41-38-34-30-27-24-21-18-15-12-9-6-3/h25-26,28-29,63H,4-24,27,30-62H2,1-3H3/b28-25-,29-26-. The molecule has 70 heavy (non-hydrogen) atoms. The summed E-state index contributed by atoms with van der Waals surface area (Å²) in [6, 6.07) is 0. The number of carbonyl (C=O) groups excluding carboxylic acids is 2. The van der Waals surface area contributed by atoms with Crippen LogP contribution in [0.5, 0.6) is 0 Å². The fourth-order valence-electron chi connectivity index (χ4n) is 9.68. The smallest absolute Gasteiger partial charge is 0.306 e. The Morgan fingerprint density at radius 1 is 0.300 bits per heavy atom. The van der Waals surface area contributed by atoms with Gasteiger partial charge in [-0.15, -0.1) is 0 Å². The Kier molecular flexibility index (Phi) is 60.3. The molecule has 0 aliphatic carbocycles. The molecule has 0 aromatic rings. The first-order valence-electron chi connectivity index (χ1n) is 31.9. The number of allylic oxidation sites excluding steroid dienone is 4. The Bertz CT molecular complexity index is 1070. The van der Waals surface area contributed by atoms with Crippen LogP contribution in [0.3, 0.4) is 0 Å². The Morgan fingerprint density at radius 2 is 0.557 bits per heavy atom. The first-order valence-corrected chi connectivity index (χ1v) is 31.9. The fraction of sp³-hybridized carbons (Fsp3) is 0.908. The van der Waals surface area contributed by atoms with Gasteiger partial charge in [-0.1, -0.05) is 295 Å². The second-order valence-corrected chi connectivity index (χ2v) is 21.7. The van der Waals surface area contributed by atoms with Gasteiger partial charge in [0.2, 0.25) is 0 Å². The summed E-state index contributed by atoms with van der Waals surface area (Å²) in [4.78, 5) is 25.6.